The average molecular weight is 354 g/mol. The molecule has 2 amide bonds. The molecule has 0 saturated heterocycles. The number of nitrogens with one attached hydrogen (secondary N) is 1. The van der Waals surface area contributed by atoms with Crippen LogP contribution >= 0.6 is 0 Å². The summed E-state index contributed by atoms with van der Waals surface area (Å²) in [7, 11) is 0. The van der Waals surface area contributed by atoms with Crippen molar-refractivity contribution in [1.29, 1.82) is 0 Å². The van der Waals surface area contributed by atoms with Crippen LogP contribution in [0.3, 0.4) is 0 Å². The molecule has 1 fully saturated rings. The van der Waals surface area contributed by atoms with E-state index >= 15 is 0 Å². The van der Waals surface area contributed by atoms with Gasteiger partial charge >= 0.3 is 6.03 Å². The molecule has 26 heavy (non-hydrogen) atoms. The van der Waals surface area contributed by atoms with Crippen LogP contribution in [0, 0.1) is 0 Å². The number of rotatable bonds is 7. The molecule has 1 heterocycles. The minimum Gasteiger partial charge on any atom is -0.492 e. The minimum atomic E-state index is -0.0364. The molecule has 0 radical (unpaired) electrons. The van der Waals surface area contributed by atoms with Crippen LogP contribution < -0.4 is 19.5 Å². The van der Waals surface area contributed by atoms with Gasteiger partial charge in [-0.1, -0.05) is 30.3 Å². The zero-order chi connectivity index (χ0) is 17.8. The van der Waals surface area contributed by atoms with Crippen LogP contribution in [0.2, 0.25) is 0 Å². The topological polar surface area (TPSA) is 60.0 Å². The molecule has 1 aliphatic heterocycles. The third-order valence-electron chi connectivity index (χ3n) is 4.44. The van der Waals surface area contributed by atoms with Gasteiger partial charge in [0.05, 0.1) is 6.54 Å². The summed E-state index contributed by atoms with van der Waals surface area (Å²) in [5.74, 6) is 2.12. The van der Waals surface area contributed by atoms with Crippen LogP contribution in [0.25, 0.3) is 0 Å². The maximum absolute atomic E-state index is 12.5. The average Bonchev–Trinajstić information content (AvgIpc) is 3.40. The first-order valence-corrected chi connectivity index (χ1v) is 8.90. The van der Waals surface area contributed by atoms with E-state index in [1.165, 1.54) is 0 Å². The Morgan fingerprint density at radius 3 is 2.73 bits per heavy atom. The largest absolute Gasteiger partial charge is 0.492 e. The molecule has 0 atom stereocenters. The van der Waals surface area contributed by atoms with Crippen LogP contribution in [0.15, 0.2) is 48.5 Å². The Labute approximate surface area is 152 Å². The van der Waals surface area contributed by atoms with E-state index in [0.717, 1.165) is 24.2 Å². The Morgan fingerprint density at radius 1 is 1.12 bits per heavy atom. The number of fused-ring (bicyclic) bond motifs is 1. The molecule has 6 heteroatoms. The number of hydrogen-bond acceptors (Lipinski definition) is 4. The summed E-state index contributed by atoms with van der Waals surface area (Å²) in [4.78, 5) is 14.4. The first kappa shape index (κ1) is 16.6. The van der Waals surface area contributed by atoms with Crippen LogP contribution in [-0.2, 0) is 6.54 Å². The molecule has 4 rings (SSSR count). The molecular formula is C20H22N2O4. The van der Waals surface area contributed by atoms with Crippen LogP contribution in [0.1, 0.15) is 18.4 Å². The van der Waals surface area contributed by atoms with Crippen molar-refractivity contribution < 1.29 is 19.0 Å². The van der Waals surface area contributed by atoms with E-state index in [2.05, 4.69) is 5.32 Å². The SMILES string of the molecule is O=C(NCCOc1ccc2c(c1)OCO2)N(Cc1ccccc1)C1CC1. The van der Waals surface area contributed by atoms with Crippen molar-refractivity contribution in [3.63, 3.8) is 0 Å². The summed E-state index contributed by atoms with van der Waals surface area (Å²) in [6.07, 6.45) is 2.15. The molecule has 0 unspecified atom stereocenters. The van der Waals surface area contributed by atoms with Crippen molar-refractivity contribution >= 4 is 6.03 Å². The molecule has 1 saturated carbocycles. The first-order chi connectivity index (χ1) is 12.8. The van der Waals surface area contributed by atoms with E-state index in [1.54, 1.807) is 6.07 Å². The summed E-state index contributed by atoms with van der Waals surface area (Å²) >= 11 is 0. The van der Waals surface area contributed by atoms with Gasteiger partial charge in [-0.25, -0.2) is 4.79 Å². The molecule has 0 aromatic heterocycles. The van der Waals surface area contributed by atoms with Gasteiger partial charge in [0.15, 0.2) is 11.5 Å². The Bertz CT molecular complexity index is 762. The molecule has 1 aliphatic carbocycles. The quantitative estimate of drug-likeness (QED) is 0.776. The number of carbonyl (C=O) groups excluding carboxylic acids is 1. The number of ether oxygens (including phenoxy) is 3. The van der Waals surface area contributed by atoms with E-state index in [9.17, 15) is 4.79 Å². The van der Waals surface area contributed by atoms with Crippen molar-refractivity contribution in [3.8, 4) is 17.2 Å². The van der Waals surface area contributed by atoms with Crippen molar-refractivity contribution in [3.05, 3.63) is 54.1 Å². The van der Waals surface area contributed by atoms with Gasteiger partial charge in [-0.15, -0.1) is 0 Å². The number of benzene rings is 2. The second-order valence-corrected chi connectivity index (χ2v) is 6.44. The van der Waals surface area contributed by atoms with Crippen LogP contribution in [0.5, 0.6) is 17.2 Å². The summed E-state index contributed by atoms with van der Waals surface area (Å²) in [5, 5.41) is 2.95. The highest BCUT2D eigenvalue weighted by molar-refractivity contribution is 5.74. The Kier molecular flexibility index (Phi) is 4.82. The second-order valence-electron chi connectivity index (χ2n) is 6.44. The van der Waals surface area contributed by atoms with E-state index in [-0.39, 0.29) is 12.8 Å². The number of nitrogens with zero attached hydrogens (tertiary/aromatic N) is 1. The van der Waals surface area contributed by atoms with Crippen LogP contribution in [-0.4, -0.2) is 36.9 Å². The van der Waals surface area contributed by atoms with Crippen molar-refractivity contribution in [2.45, 2.75) is 25.4 Å². The first-order valence-electron chi connectivity index (χ1n) is 8.90. The van der Waals surface area contributed by atoms with Gasteiger partial charge in [-0.05, 0) is 30.5 Å². The lowest BCUT2D eigenvalue weighted by atomic mass is 10.2. The molecule has 1 N–H and O–H groups in total. The van der Waals surface area contributed by atoms with E-state index in [4.69, 9.17) is 14.2 Å². The molecular weight excluding hydrogens is 332 g/mol. The van der Waals surface area contributed by atoms with Crippen molar-refractivity contribution in [2.24, 2.45) is 0 Å². The van der Waals surface area contributed by atoms with E-state index < -0.39 is 0 Å². The monoisotopic (exact) mass is 354 g/mol. The predicted octanol–water partition coefficient (Wildman–Crippen LogP) is 3.17. The Balaban J connectivity index is 1.25. The van der Waals surface area contributed by atoms with Gasteiger partial charge in [0.25, 0.3) is 0 Å². The number of urea groups is 1. The second kappa shape index (κ2) is 7.56. The van der Waals surface area contributed by atoms with Crippen molar-refractivity contribution in [1.82, 2.24) is 10.2 Å². The minimum absolute atomic E-state index is 0.0364. The lowest BCUT2D eigenvalue weighted by molar-refractivity contribution is 0.173. The zero-order valence-electron chi connectivity index (χ0n) is 14.5. The normalized spacial score (nSPS) is 14.8. The van der Waals surface area contributed by atoms with Gasteiger partial charge in [0, 0.05) is 18.7 Å². The smallest absolute Gasteiger partial charge is 0.318 e. The number of amides is 2. The van der Waals surface area contributed by atoms with Gasteiger partial charge < -0.3 is 24.4 Å². The van der Waals surface area contributed by atoms with Crippen molar-refractivity contribution in [2.75, 3.05) is 19.9 Å². The fraction of sp³-hybridized carbons (Fsp3) is 0.350. The summed E-state index contributed by atoms with van der Waals surface area (Å²) in [6.45, 7) is 1.73. The maximum Gasteiger partial charge on any atom is 0.318 e. The fourth-order valence-electron chi connectivity index (χ4n) is 2.93. The standard InChI is InChI=1S/C20H22N2O4/c23-20(22(16-6-7-16)13-15-4-2-1-3-5-15)21-10-11-24-17-8-9-18-19(12-17)26-14-25-18/h1-5,8-9,12,16H,6-7,10-11,13-14H2,(H,21,23). The van der Waals surface area contributed by atoms with E-state index in [0.29, 0.717) is 37.2 Å². The zero-order valence-corrected chi connectivity index (χ0v) is 14.5. The Morgan fingerprint density at radius 2 is 1.92 bits per heavy atom. The highest BCUT2D eigenvalue weighted by Gasteiger charge is 2.32. The molecule has 2 aliphatic rings. The number of carbonyl (C=O) groups is 1. The molecule has 6 nitrogen and oxygen atoms in total. The molecule has 2 aromatic carbocycles. The molecule has 2 aromatic rings. The lowest BCUT2D eigenvalue weighted by Gasteiger charge is -2.23. The fourth-order valence-corrected chi connectivity index (χ4v) is 2.93. The molecule has 136 valence electrons. The number of hydrogen-bond donors (Lipinski definition) is 1. The lowest BCUT2D eigenvalue weighted by Crippen LogP contribution is -2.42. The maximum atomic E-state index is 12.5. The highest BCUT2D eigenvalue weighted by Crippen LogP contribution is 2.35. The van der Waals surface area contributed by atoms with Gasteiger partial charge in [-0.2, -0.15) is 0 Å². The predicted molar refractivity (Wildman–Crippen MR) is 96.5 cm³/mol. The summed E-state index contributed by atoms with van der Waals surface area (Å²) < 4.78 is 16.3. The highest BCUT2D eigenvalue weighted by atomic mass is 16.7. The molecule has 0 bridgehead atoms. The van der Waals surface area contributed by atoms with E-state index in [1.807, 2.05) is 47.4 Å². The molecule has 0 spiro atoms. The Hall–Kier alpha value is -2.89. The third kappa shape index (κ3) is 4.02. The van der Waals surface area contributed by atoms with Crippen LogP contribution in [0.4, 0.5) is 4.79 Å². The summed E-state index contributed by atoms with van der Waals surface area (Å²) in [6, 6.07) is 15.8. The van der Waals surface area contributed by atoms with Gasteiger partial charge in [0.1, 0.15) is 12.4 Å². The van der Waals surface area contributed by atoms with Gasteiger partial charge in [0.2, 0.25) is 6.79 Å². The van der Waals surface area contributed by atoms with Gasteiger partial charge in [-0.3, -0.25) is 0 Å². The third-order valence-corrected chi connectivity index (χ3v) is 4.44. The summed E-state index contributed by atoms with van der Waals surface area (Å²) in [5.41, 5.74) is 1.14.